The number of hydrogen-bond acceptors (Lipinski definition) is 7. The van der Waals surface area contributed by atoms with E-state index in [0.29, 0.717) is 32.7 Å². The van der Waals surface area contributed by atoms with Gasteiger partial charge in [-0.2, -0.15) is 0 Å². The molecule has 1 heterocycles. The molecule has 4 rings (SSSR count). The van der Waals surface area contributed by atoms with Crippen molar-refractivity contribution in [2.45, 2.75) is 49.7 Å². The number of morpholine rings is 1. The summed E-state index contributed by atoms with van der Waals surface area (Å²) >= 11 is 1.50. The number of allylic oxidation sites excluding steroid dienone is 2. The third-order valence-corrected chi connectivity index (χ3v) is 8.47. The highest BCUT2D eigenvalue weighted by Gasteiger charge is 2.45. The van der Waals surface area contributed by atoms with Gasteiger partial charge in [-0.1, -0.05) is 66.7 Å². The van der Waals surface area contributed by atoms with Gasteiger partial charge in [-0.05, 0) is 42.2 Å². The Bertz CT molecular complexity index is 1050. The molecule has 1 saturated heterocycles. The molecule has 6 nitrogen and oxygen atoms in total. The van der Waals surface area contributed by atoms with Gasteiger partial charge in [0.25, 0.3) is 0 Å². The summed E-state index contributed by atoms with van der Waals surface area (Å²) < 4.78 is 16.9. The second kappa shape index (κ2) is 14.6. The summed E-state index contributed by atoms with van der Waals surface area (Å²) in [7, 11) is 1.43. The van der Waals surface area contributed by atoms with Crippen molar-refractivity contribution in [3.8, 4) is 11.1 Å². The van der Waals surface area contributed by atoms with Crippen LogP contribution >= 0.6 is 11.8 Å². The fourth-order valence-electron chi connectivity index (χ4n) is 5.44. The van der Waals surface area contributed by atoms with Gasteiger partial charge in [0.15, 0.2) is 5.78 Å². The molecule has 2 aliphatic rings. The lowest BCUT2D eigenvalue weighted by molar-refractivity contribution is -0.139. The number of esters is 1. The minimum absolute atomic E-state index is 0.105. The first-order valence-corrected chi connectivity index (χ1v) is 14.8. The lowest BCUT2D eigenvalue weighted by Gasteiger charge is -2.35. The number of ether oxygens (including phenoxy) is 3. The fourth-order valence-corrected chi connectivity index (χ4v) is 6.03. The monoisotopic (exact) mass is 537 g/mol. The normalized spacial score (nSPS) is 23.1. The number of ketones is 1. The highest BCUT2D eigenvalue weighted by molar-refractivity contribution is 7.99. The maximum atomic E-state index is 13.2. The Balaban J connectivity index is 1.38. The van der Waals surface area contributed by atoms with Crippen LogP contribution in [0.3, 0.4) is 0 Å². The average molecular weight is 538 g/mol. The van der Waals surface area contributed by atoms with Crippen LogP contribution in [0, 0.1) is 5.92 Å². The van der Waals surface area contributed by atoms with Crippen LogP contribution in [-0.4, -0.2) is 73.7 Å². The molecule has 204 valence electrons. The molecular weight excluding hydrogens is 498 g/mol. The topological polar surface area (TPSA) is 65.1 Å². The van der Waals surface area contributed by atoms with E-state index in [9.17, 15) is 9.59 Å². The number of hydrogen-bond donors (Lipinski definition) is 0. The minimum atomic E-state index is -0.193. The Kier molecular flexibility index (Phi) is 11.0. The molecule has 1 aliphatic carbocycles. The van der Waals surface area contributed by atoms with Crippen molar-refractivity contribution in [3.05, 3.63) is 72.3 Å². The number of thioether (sulfide) groups is 1. The molecule has 2 fully saturated rings. The second-order valence-electron chi connectivity index (χ2n) is 9.87. The zero-order valence-corrected chi connectivity index (χ0v) is 23.2. The third-order valence-electron chi connectivity index (χ3n) is 7.51. The molecule has 38 heavy (non-hydrogen) atoms. The van der Waals surface area contributed by atoms with Crippen molar-refractivity contribution in [2.24, 2.45) is 5.92 Å². The number of rotatable bonds is 12. The van der Waals surface area contributed by atoms with Crippen LogP contribution in [0.5, 0.6) is 0 Å². The quantitative estimate of drug-likeness (QED) is 0.274. The first-order valence-electron chi connectivity index (χ1n) is 13.5. The summed E-state index contributed by atoms with van der Waals surface area (Å²) in [4.78, 5) is 27.3. The van der Waals surface area contributed by atoms with E-state index in [1.54, 1.807) is 0 Å². The summed E-state index contributed by atoms with van der Waals surface area (Å²) in [5.41, 5.74) is 3.48. The van der Waals surface area contributed by atoms with Gasteiger partial charge in [-0.25, -0.2) is 0 Å². The predicted molar refractivity (Wildman–Crippen MR) is 152 cm³/mol. The molecule has 0 spiro atoms. The van der Waals surface area contributed by atoms with Crippen LogP contribution in [0.25, 0.3) is 11.1 Å². The van der Waals surface area contributed by atoms with Crippen molar-refractivity contribution < 1.29 is 23.8 Å². The second-order valence-corrected chi connectivity index (χ2v) is 10.9. The largest absolute Gasteiger partial charge is 0.468 e. The fraction of sp³-hybridized carbons (Fsp3) is 0.484. The van der Waals surface area contributed by atoms with E-state index in [4.69, 9.17) is 14.2 Å². The van der Waals surface area contributed by atoms with Crippen LogP contribution < -0.4 is 0 Å². The first kappa shape index (κ1) is 28.6. The van der Waals surface area contributed by atoms with Crippen molar-refractivity contribution in [3.63, 3.8) is 0 Å². The highest BCUT2D eigenvalue weighted by atomic mass is 32.2. The Labute approximate surface area is 230 Å². The Morgan fingerprint density at radius 2 is 1.79 bits per heavy atom. The van der Waals surface area contributed by atoms with Crippen LogP contribution in [0.4, 0.5) is 0 Å². The van der Waals surface area contributed by atoms with E-state index in [2.05, 4.69) is 53.5 Å². The van der Waals surface area contributed by atoms with Crippen LogP contribution in [0.15, 0.2) is 66.7 Å². The van der Waals surface area contributed by atoms with Gasteiger partial charge in [0.05, 0.1) is 39.1 Å². The van der Waals surface area contributed by atoms with Crippen LogP contribution in [0.2, 0.25) is 0 Å². The van der Waals surface area contributed by atoms with E-state index in [-0.39, 0.29) is 35.1 Å². The number of methoxy groups -OCH3 is 1. The van der Waals surface area contributed by atoms with E-state index in [1.165, 1.54) is 30.0 Å². The summed E-state index contributed by atoms with van der Waals surface area (Å²) in [6.07, 6.45) is 8.80. The lowest BCUT2D eigenvalue weighted by atomic mass is 9.93. The van der Waals surface area contributed by atoms with Gasteiger partial charge in [0.2, 0.25) is 0 Å². The molecule has 0 aromatic heterocycles. The molecule has 7 heteroatoms. The molecule has 1 unspecified atom stereocenters. The molecule has 0 radical (unpaired) electrons. The molecule has 2 aromatic rings. The zero-order chi connectivity index (χ0) is 26.7. The zero-order valence-electron chi connectivity index (χ0n) is 22.4. The summed E-state index contributed by atoms with van der Waals surface area (Å²) in [5, 5.41) is -0.185. The van der Waals surface area contributed by atoms with Gasteiger partial charge in [0, 0.05) is 25.4 Å². The van der Waals surface area contributed by atoms with Gasteiger partial charge in [0.1, 0.15) is 5.25 Å². The summed E-state index contributed by atoms with van der Waals surface area (Å²) in [6.45, 7) is 3.39. The van der Waals surface area contributed by atoms with Gasteiger partial charge >= 0.3 is 5.97 Å². The SMILES string of the molecule is COC(=O)C(CC=CCC[C@H]1[C@@H](OCc2ccc(-c3ccccc3)cc2)CC(=O)[C@@H]1N1CCOCC1)SC. The molecule has 0 bridgehead atoms. The number of carbonyl (C=O) groups is 2. The highest BCUT2D eigenvalue weighted by Crippen LogP contribution is 2.35. The molecule has 1 aliphatic heterocycles. The molecule has 2 aromatic carbocycles. The Hall–Kier alpha value is -2.45. The molecule has 0 amide bonds. The van der Waals surface area contributed by atoms with E-state index in [1.807, 2.05) is 24.5 Å². The maximum absolute atomic E-state index is 13.2. The van der Waals surface area contributed by atoms with Crippen molar-refractivity contribution in [1.29, 1.82) is 0 Å². The average Bonchev–Trinajstić information content (AvgIpc) is 3.29. The lowest BCUT2D eigenvalue weighted by Crippen LogP contribution is -2.49. The number of Topliss-reactive ketones (excluding diaryl/α,β-unsaturated/α-hetero) is 1. The van der Waals surface area contributed by atoms with Gasteiger partial charge in [-0.15, -0.1) is 11.8 Å². The third kappa shape index (κ3) is 7.56. The minimum Gasteiger partial charge on any atom is -0.468 e. The van der Waals surface area contributed by atoms with Crippen LogP contribution in [0.1, 0.15) is 31.2 Å². The smallest absolute Gasteiger partial charge is 0.319 e. The predicted octanol–water partition coefficient (Wildman–Crippen LogP) is 5.16. The van der Waals surface area contributed by atoms with E-state index in [0.717, 1.165) is 31.5 Å². The molecule has 0 N–H and O–H groups in total. The van der Waals surface area contributed by atoms with E-state index < -0.39 is 0 Å². The molecule has 4 atom stereocenters. The van der Waals surface area contributed by atoms with Crippen molar-refractivity contribution >= 4 is 23.5 Å². The maximum Gasteiger partial charge on any atom is 0.319 e. The number of benzene rings is 2. The van der Waals surface area contributed by atoms with Gasteiger partial charge in [-0.3, -0.25) is 14.5 Å². The van der Waals surface area contributed by atoms with E-state index >= 15 is 0 Å². The van der Waals surface area contributed by atoms with Crippen LogP contribution in [-0.2, 0) is 30.4 Å². The molecular formula is C31H39NO5S. The standard InChI is InChI=1S/C31H39NO5S/c1-35-31(34)29(38-2)12-8-4-7-11-26-28(21-27(33)30(26)32-17-19-36-20-18-32)37-22-23-13-15-25(16-14-23)24-9-5-3-6-10-24/h3-6,8-10,13-16,26,28-30H,7,11-12,17-22H2,1-2H3/t26-,28-,29?,30+/m0/s1. The first-order chi connectivity index (χ1) is 18.6. The molecule has 1 saturated carbocycles. The van der Waals surface area contributed by atoms with Crippen molar-refractivity contribution in [1.82, 2.24) is 4.90 Å². The summed E-state index contributed by atoms with van der Waals surface area (Å²) in [5.74, 6) is 0.213. The Morgan fingerprint density at radius 1 is 1.08 bits per heavy atom. The Morgan fingerprint density at radius 3 is 2.47 bits per heavy atom. The van der Waals surface area contributed by atoms with Gasteiger partial charge < -0.3 is 14.2 Å². The number of nitrogens with zero attached hydrogens (tertiary/aromatic N) is 1. The number of carbonyl (C=O) groups excluding carboxylic acids is 2. The van der Waals surface area contributed by atoms with Crippen molar-refractivity contribution in [2.75, 3.05) is 39.7 Å². The summed E-state index contributed by atoms with van der Waals surface area (Å²) in [6, 6.07) is 18.7.